The Balaban J connectivity index is 1.75. The molecular weight excluding hydrogens is 412 g/mol. The maximum Gasteiger partial charge on any atom is 0.243 e. The molecule has 2 saturated heterocycles. The molecule has 2 fully saturated rings. The largest absolute Gasteiger partial charge is 0.340 e. The molecule has 1 N–H and O–H groups in total. The maximum atomic E-state index is 13.6. The number of amides is 1. The Morgan fingerprint density at radius 1 is 1.13 bits per heavy atom. The first-order valence-corrected chi connectivity index (χ1v) is 13.0. The van der Waals surface area contributed by atoms with Crippen LogP contribution in [-0.4, -0.2) is 86.8 Å². The van der Waals surface area contributed by atoms with Crippen LogP contribution in [0.5, 0.6) is 0 Å². The smallest absolute Gasteiger partial charge is 0.243 e. The molecule has 2 aliphatic heterocycles. The Kier molecular flexibility index (Phi) is 8.50. The highest BCUT2D eigenvalue weighted by Crippen LogP contribution is 2.23. The van der Waals surface area contributed by atoms with Gasteiger partial charge >= 0.3 is 0 Å². The van der Waals surface area contributed by atoms with E-state index in [1.807, 2.05) is 30.9 Å². The van der Waals surface area contributed by atoms with Crippen LogP contribution < -0.4 is 5.32 Å². The van der Waals surface area contributed by atoms with Crippen molar-refractivity contribution in [3.05, 3.63) is 29.3 Å². The number of rotatable bonds is 8. The first-order valence-electron chi connectivity index (χ1n) is 11.6. The first kappa shape index (κ1) is 24.2. The highest BCUT2D eigenvalue weighted by atomic mass is 32.2. The monoisotopic (exact) mass is 450 g/mol. The zero-order valence-corrected chi connectivity index (χ0v) is 20.1. The summed E-state index contributed by atoms with van der Waals surface area (Å²) in [7, 11) is -3.68. The van der Waals surface area contributed by atoms with Crippen molar-refractivity contribution in [2.45, 2.75) is 57.4 Å². The quantitative estimate of drug-likeness (QED) is 0.656. The second-order valence-corrected chi connectivity index (χ2v) is 10.8. The molecule has 1 unspecified atom stereocenters. The summed E-state index contributed by atoms with van der Waals surface area (Å²) < 4.78 is 28.8. The van der Waals surface area contributed by atoms with Crippen LogP contribution in [0.2, 0.25) is 0 Å². The molecule has 8 heteroatoms. The van der Waals surface area contributed by atoms with Gasteiger partial charge in [0.05, 0.1) is 4.90 Å². The number of likely N-dealkylation sites (tertiary alicyclic amines) is 1. The number of piperazine rings is 1. The third-order valence-corrected chi connectivity index (χ3v) is 8.62. The molecule has 174 valence electrons. The average molecular weight is 451 g/mol. The summed E-state index contributed by atoms with van der Waals surface area (Å²) in [5, 5.41) is 3.25. The molecular formula is C23H38N4O3S. The van der Waals surface area contributed by atoms with Crippen molar-refractivity contribution in [2.24, 2.45) is 0 Å². The summed E-state index contributed by atoms with van der Waals surface area (Å²) in [5.41, 5.74) is 1.67. The Labute approximate surface area is 187 Å². The fourth-order valence-corrected chi connectivity index (χ4v) is 6.24. The van der Waals surface area contributed by atoms with Crippen LogP contribution in [0.25, 0.3) is 0 Å². The Morgan fingerprint density at radius 3 is 2.58 bits per heavy atom. The minimum Gasteiger partial charge on any atom is -0.340 e. The minimum absolute atomic E-state index is 0.0361. The number of hydrogen-bond acceptors (Lipinski definition) is 5. The number of hydrogen-bond donors (Lipinski definition) is 1. The van der Waals surface area contributed by atoms with Crippen molar-refractivity contribution in [3.8, 4) is 0 Å². The molecule has 3 rings (SSSR count). The molecule has 0 aromatic heterocycles. The average Bonchev–Trinajstić information content (AvgIpc) is 2.76. The standard InChI is InChI=1S/C23H38N4O3S/c1-19-7-8-20(2)22(18-19)31(29,30)27(17-16-25-12-5-4-6-21(25)3)13-9-23(28)26-14-10-24-11-15-26/h7-8,18,21,24H,4-6,9-17H2,1-3H3. The van der Waals surface area contributed by atoms with Gasteiger partial charge in [-0.3, -0.25) is 9.69 Å². The van der Waals surface area contributed by atoms with Crippen LogP contribution in [0.15, 0.2) is 23.1 Å². The fourth-order valence-electron chi connectivity index (χ4n) is 4.50. The van der Waals surface area contributed by atoms with Crippen molar-refractivity contribution in [3.63, 3.8) is 0 Å². The van der Waals surface area contributed by atoms with Crippen molar-refractivity contribution in [1.29, 1.82) is 0 Å². The van der Waals surface area contributed by atoms with Gasteiger partial charge < -0.3 is 10.2 Å². The van der Waals surface area contributed by atoms with Crippen molar-refractivity contribution < 1.29 is 13.2 Å². The van der Waals surface area contributed by atoms with Crippen molar-refractivity contribution >= 4 is 15.9 Å². The molecule has 2 heterocycles. The van der Waals surface area contributed by atoms with E-state index < -0.39 is 10.0 Å². The van der Waals surface area contributed by atoms with Crippen LogP contribution in [0.4, 0.5) is 0 Å². The maximum absolute atomic E-state index is 13.6. The topological polar surface area (TPSA) is 73.0 Å². The highest BCUT2D eigenvalue weighted by molar-refractivity contribution is 7.89. The lowest BCUT2D eigenvalue weighted by Crippen LogP contribution is -2.48. The Morgan fingerprint density at radius 2 is 1.87 bits per heavy atom. The van der Waals surface area contributed by atoms with E-state index in [1.165, 1.54) is 10.7 Å². The van der Waals surface area contributed by atoms with Gasteiger partial charge in [0.1, 0.15) is 0 Å². The molecule has 2 aliphatic rings. The third-order valence-electron chi connectivity index (χ3n) is 6.58. The number of carbonyl (C=O) groups is 1. The number of benzene rings is 1. The molecule has 7 nitrogen and oxygen atoms in total. The molecule has 0 aliphatic carbocycles. The van der Waals surface area contributed by atoms with Gasteiger partial charge in [-0.25, -0.2) is 8.42 Å². The molecule has 31 heavy (non-hydrogen) atoms. The fraction of sp³-hybridized carbons (Fsp3) is 0.696. The van der Waals surface area contributed by atoms with Gasteiger partial charge in [-0.1, -0.05) is 18.6 Å². The predicted octanol–water partition coefficient (Wildman–Crippen LogP) is 1.99. The Hall–Kier alpha value is -1.48. The van der Waals surface area contributed by atoms with Crippen LogP contribution in [-0.2, 0) is 14.8 Å². The van der Waals surface area contributed by atoms with Crippen LogP contribution in [0.1, 0.15) is 43.7 Å². The second kappa shape index (κ2) is 10.9. The zero-order chi connectivity index (χ0) is 22.4. The van der Waals surface area contributed by atoms with E-state index in [4.69, 9.17) is 0 Å². The second-order valence-electron chi connectivity index (χ2n) is 8.93. The molecule has 1 aromatic carbocycles. The predicted molar refractivity (Wildman–Crippen MR) is 124 cm³/mol. The Bertz CT molecular complexity index is 852. The van der Waals surface area contributed by atoms with E-state index in [-0.39, 0.29) is 18.9 Å². The van der Waals surface area contributed by atoms with Gasteiger partial charge in [-0.15, -0.1) is 0 Å². The molecule has 1 amide bonds. The van der Waals surface area contributed by atoms with Crippen LogP contribution in [0, 0.1) is 13.8 Å². The van der Waals surface area contributed by atoms with Gasteiger partial charge in [0.2, 0.25) is 15.9 Å². The number of carbonyl (C=O) groups excluding carboxylic acids is 1. The lowest BCUT2D eigenvalue weighted by molar-refractivity contribution is -0.131. The van der Waals surface area contributed by atoms with E-state index in [0.717, 1.165) is 43.6 Å². The van der Waals surface area contributed by atoms with E-state index in [0.29, 0.717) is 37.1 Å². The minimum atomic E-state index is -3.68. The normalized spacial score (nSPS) is 20.9. The van der Waals surface area contributed by atoms with E-state index in [2.05, 4.69) is 17.1 Å². The summed E-state index contributed by atoms with van der Waals surface area (Å²) in [6, 6.07) is 6.02. The van der Waals surface area contributed by atoms with E-state index in [9.17, 15) is 13.2 Å². The van der Waals surface area contributed by atoms with Gasteiger partial charge in [-0.05, 0) is 57.4 Å². The lowest BCUT2D eigenvalue weighted by atomic mass is 10.0. The summed E-state index contributed by atoms with van der Waals surface area (Å²) in [5.74, 6) is 0.0361. The number of aryl methyl sites for hydroxylation is 2. The van der Waals surface area contributed by atoms with Gasteiger partial charge in [0.25, 0.3) is 0 Å². The summed E-state index contributed by atoms with van der Waals surface area (Å²) >= 11 is 0. The SMILES string of the molecule is Cc1ccc(C)c(S(=O)(=O)N(CCC(=O)N2CCNCC2)CCN2CCCCC2C)c1. The van der Waals surface area contributed by atoms with E-state index in [1.54, 1.807) is 6.07 Å². The van der Waals surface area contributed by atoms with Gasteiger partial charge in [0.15, 0.2) is 0 Å². The van der Waals surface area contributed by atoms with E-state index >= 15 is 0 Å². The first-order chi connectivity index (χ1) is 14.8. The third kappa shape index (κ3) is 6.28. The van der Waals surface area contributed by atoms with Gasteiger partial charge in [0, 0.05) is 58.3 Å². The molecule has 0 radical (unpaired) electrons. The molecule has 0 spiro atoms. The summed E-state index contributed by atoms with van der Waals surface area (Å²) in [6.45, 7) is 11.3. The molecule has 0 saturated carbocycles. The lowest BCUT2D eigenvalue weighted by Gasteiger charge is -2.35. The summed E-state index contributed by atoms with van der Waals surface area (Å²) in [6.07, 6.45) is 3.78. The van der Waals surface area contributed by atoms with Crippen molar-refractivity contribution in [2.75, 3.05) is 52.4 Å². The van der Waals surface area contributed by atoms with Gasteiger partial charge in [-0.2, -0.15) is 4.31 Å². The number of nitrogens with zero attached hydrogens (tertiary/aromatic N) is 3. The number of piperidine rings is 1. The van der Waals surface area contributed by atoms with Crippen molar-refractivity contribution in [1.82, 2.24) is 19.4 Å². The molecule has 0 bridgehead atoms. The summed E-state index contributed by atoms with van der Waals surface area (Å²) in [4.78, 5) is 17.3. The zero-order valence-electron chi connectivity index (χ0n) is 19.3. The molecule has 1 atom stereocenters. The van der Waals surface area contributed by atoms with Crippen LogP contribution >= 0.6 is 0 Å². The number of nitrogens with one attached hydrogen (secondary N) is 1. The molecule has 1 aromatic rings. The number of sulfonamides is 1. The highest BCUT2D eigenvalue weighted by Gasteiger charge is 2.29. The van der Waals surface area contributed by atoms with Crippen LogP contribution in [0.3, 0.4) is 0 Å².